The number of halogens is 3. The van der Waals surface area contributed by atoms with Gasteiger partial charge in [-0.3, -0.25) is 0 Å². The van der Waals surface area contributed by atoms with Gasteiger partial charge in [0.15, 0.2) is 6.10 Å². The second-order valence-corrected chi connectivity index (χ2v) is 4.38. The van der Waals surface area contributed by atoms with Crippen molar-refractivity contribution >= 4 is 0 Å². The highest BCUT2D eigenvalue weighted by Crippen LogP contribution is 2.35. The predicted molar refractivity (Wildman–Crippen MR) is 68.7 cm³/mol. The van der Waals surface area contributed by atoms with Crippen LogP contribution in [-0.4, -0.2) is 11.3 Å². The molecule has 0 spiro atoms. The maximum absolute atomic E-state index is 12.5. The van der Waals surface area contributed by atoms with E-state index in [1.54, 1.807) is 24.3 Å². The molecule has 0 radical (unpaired) electrons. The van der Waals surface area contributed by atoms with Gasteiger partial charge in [-0.25, -0.2) is 0 Å². The van der Waals surface area contributed by atoms with E-state index in [4.69, 9.17) is 4.74 Å². The average Bonchev–Trinajstić information content (AvgIpc) is 2.38. The highest BCUT2D eigenvalue weighted by Gasteiger charge is 2.40. The molecule has 0 fully saturated rings. The molecule has 0 aliphatic heterocycles. The molecule has 1 unspecified atom stereocenters. The van der Waals surface area contributed by atoms with Crippen molar-refractivity contribution in [3.8, 4) is 11.5 Å². The first-order chi connectivity index (χ1) is 9.38. The minimum atomic E-state index is -4.67. The quantitative estimate of drug-likeness (QED) is 0.905. The van der Waals surface area contributed by atoms with Gasteiger partial charge in [0, 0.05) is 0 Å². The number of hydrogen-bond acceptors (Lipinski definition) is 2. The zero-order valence-electron chi connectivity index (χ0n) is 10.7. The average molecular weight is 282 g/mol. The molecular weight excluding hydrogens is 269 g/mol. The lowest BCUT2D eigenvalue weighted by Crippen LogP contribution is -2.20. The second kappa shape index (κ2) is 5.54. The summed E-state index contributed by atoms with van der Waals surface area (Å²) in [7, 11) is 0. The van der Waals surface area contributed by atoms with Crippen LogP contribution in [0.3, 0.4) is 0 Å². The minimum Gasteiger partial charge on any atom is -0.457 e. The van der Waals surface area contributed by atoms with E-state index in [0.717, 1.165) is 0 Å². The third kappa shape index (κ3) is 3.30. The van der Waals surface area contributed by atoms with Crippen molar-refractivity contribution in [1.29, 1.82) is 0 Å². The number of rotatable bonds is 3. The SMILES string of the molecule is Cc1cc(Oc2ccccc2)ccc1C(O)C(F)(F)F. The lowest BCUT2D eigenvalue weighted by molar-refractivity contribution is -0.206. The topological polar surface area (TPSA) is 29.5 Å². The van der Waals surface area contributed by atoms with Crippen molar-refractivity contribution in [2.75, 3.05) is 0 Å². The van der Waals surface area contributed by atoms with Crippen LogP contribution >= 0.6 is 0 Å². The smallest absolute Gasteiger partial charge is 0.418 e. The largest absolute Gasteiger partial charge is 0.457 e. The summed E-state index contributed by atoms with van der Waals surface area (Å²) in [5, 5.41) is 9.25. The molecule has 20 heavy (non-hydrogen) atoms. The van der Waals surface area contributed by atoms with Crippen molar-refractivity contribution in [1.82, 2.24) is 0 Å². The first-order valence-corrected chi connectivity index (χ1v) is 5.96. The van der Waals surface area contributed by atoms with Gasteiger partial charge >= 0.3 is 6.18 Å². The van der Waals surface area contributed by atoms with Gasteiger partial charge in [-0.1, -0.05) is 24.3 Å². The molecule has 5 heteroatoms. The Morgan fingerprint density at radius 2 is 1.65 bits per heavy atom. The molecule has 1 atom stereocenters. The fourth-order valence-corrected chi connectivity index (χ4v) is 1.82. The summed E-state index contributed by atoms with van der Waals surface area (Å²) in [5.74, 6) is 1.02. The summed E-state index contributed by atoms with van der Waals surface area (Å²) in [5.41, 5.74) is 0.154. The molecule has 2 aromatic carbocycles. The minimum absolute atomic E-state index is 0.169. The summed E-state index contributed by atoms with van der Waals surface area (Å²) in [4.78, 5) is 0. The van der Waals surface area contributed by atoms with Gasteiger partial charge in [-0.05, 0) is 42.3 Å². The maximum atomic E-state index is 12.5. The van der Waals surface area contributed by atoms with Crippen molar-refractivity contribution in [2.24, 2.45) is 0 Å². The van der Waals surface area contributed by atoms with Crippen molar-refractivity contribution in [3.63, 3.8) is 0 Å². The Balaban J connectivity index is 2.22. The number of aliphatic hydroxyl groups excluding tert-OH is 1. The molecule has 2 aromatic rings. The molecule has 0 amide bonds. The normalized spacial score (nSPS) is 13.1. The van der Waals surface area contributed by atoms with Crippen LogP contribution in [0.4, 0.5) is 13.2 Å². The van der Waals surface area contributed by atoms with Crippen LogP contribution < -0.4 is 4.74 Å². The fraction of sp³-hybridized carbons (Fsp3) is 0.200. The van der Waals surface area contributed by atoms with E-state index in [9.17, 15) is 18.3 Å². The van der Waals surface area contributed by atoms with Gasteiger partial charge in [-0.15, -0.1) is 0 Å². The van der Waals surface area contributed by atoms with Gasteiger partial charge in [0.1, 0.15) is 11.5 Å². The zero-order chi connectivity index (χ0) is 14.8. The summed E-state index contributed by atoms with van der Waals surface area (Å²) in [6.45, 7) is 1.50. The number of para-hydroxylation sites is 1. The van der Waals surface area contributed by atoms with Crippen LogP contribution in [0.15, 0.2) is 48.5 Å². The van der Waals surface area contributed by atoms with Gasteiger partial charge in [0.25, 0.3) is 0 Å². The first-order valence-electron chi connectivity index (χ1n) is 5.96. The molecule has 2 nitrogen and oxygen atoms in total. The first kappa shape index (κ1) is 14.4. The van der Waals surface area contributed by atoms with E-state index < -0.39 is 12.3 Å². The molecule has 0 saturated carbocycles. The van der Waals surface area contributed by atoms with E-state index in [-0.39, 0.29) is 5.56 Å². The van der Waals surface area contributed by atoms with Crippen LogP contribution in [0.1, 0.15) is 17.2 Å². The monoisotopic (exact) mass is 282 g/mol. The fourth-order valence-electron chi connectivity index (χ4n) is 1.82. The molecule has 0 saturated heterocycles. The van der Waals surface area contributed by atoms with E-state index in [0.29, 0.717) is 17.1 Å². The third-order valence-electron chi connectivity index (χ3n) is 2.82. The van der Waals surface area contributed by atoms with Crippen molar-refractivity contribution in [2.45, 2.75) is 19.2 Å². The van der Waals surface area contributed by atoms with Gasteiger partial charge < -0.3 is 9.84 Å². The molecule has 106 valence electrons. The number of aryl methyl sites for hydroxylation is 1. The van der Waals surface area contributed by atoms with Crippen LogP contribution in [0, 0.1) is 6.92 Å². The lowest BCUT2D eigenvalue weighted by atomic mass is 10.0. The molecule has 0 heterocycles. The molecule has 1 N–H and O–H groups in total. The maximum Gasteiger partial charge on any atom is 0.418 e. The highest BCUT2D eigenvalue weighted by atomic mass is 19.4. The Labute approximate surface area is 114 Å². The number of ether oxygens (including phenoxy) is 1. The Morgan fingerprint density at radius 3 is 2.20 bits per heavy atom. The van der Waals surface area contributed by atoms with E-state index >= 15 is 0 Å². The van der Waals surface area contributed by atoms with Gasteiger partial charge in [0.05, 0.1) is 0 Å². The molecule has 2 rings (SSSR count). The number of aliphatic hydroxyl groups is 1. The second-order valence-electron chi connectivity index (χ2n) is 4.38. The summed E-state index contributed by atoms with van der Waals surface area (Å²) >= 11 is 0. The molecule has 0 bridgehead atoms. The third-order valence-corrected chi connectivity index (χ3v) is 2.82. The van der Waals surface area contributed by atoms with Crippen LogP contribution in [0.25, 0.3) is 0 Å². The van der Waals surface area contributed by atoms with Crippen LogP contribution in [-0.2, 0) is 0 Å². The zero-order valence-corrected chi connectivity index (χ0v) is 10.7. The molecule has 0 aliphatic rings. The van der Waals surface area contributed by atoms with E-state index in [2.05, 4.69) is 0 Å². The Kier molecular flexibility index (Phi) is 3.99. The van der Waals surface area contributed by atoms with E-state index in [1.165, 1.54) is 25.1 Å². The summed E-state index contributed by atoms with van der Waals surface area (Å²) in [6, 6.07) is 13.0. The summed E-state index contributed by atoms with van der Waals surface area (Å²) < 4.78 is 43.0. The number of hydrogen-bond donors (Lipinski definition) is 1. The highest BCUT2D eigenvalue weighted by molar-refractivity contribution is 5.39. The Bertz CT molecular complexity index is 579. The Hall–Kier alpha value is -2.01. The van der Waals surface area contributed by atoms with Crippen LogP contribution in [0.2, 0.25) is 0 Å². The predicted octanol–water partition coefficient (Wildman–Crippen LogP) is 4.38. The molecule has 0 aliphatic carbocycles. The molecule has 0 aromatic heterocycles. The van der Waals surface area contributed by atoms with Crippen LogP contribution in [0.5, 0.6) is 11.5 Å². The van der Waals surface area contributed by atoms with Crippen molar-refractivity contribution < 1.29 is 23.0 Å². The van der Waals surface area contributed by atoms with E-state index in [1.807, 2.05) is 6.07 Å². The van der Waals surface area contributed by atoms with Gasteiger partial charge in [0.2, 0.25) is 0 Å². The number of alkyl halides is 3. The lowest BCUT2D eigenvalue weighted by Gasteiger charge is -2.17. The molecular formula is C15H13F3O2. The Morgan fingerprint density at radius 1 is 1.00 bits per heavy atom. The number of benzene rings is 2. The van der Waals surface area contributed by atoms with Gasteiger partial charge in [-0.2, -0.15) is 13.2 Å². The standard InChI is InChI=1S/C15H13F3O2/c1-10-9-12(20-11-5-3-2-4-6-11)7-8-13(10)14(19)15(16,17)18/h2-9,14,19H,1H3. The summed E-state index contributed by atoms with van der Waals surface area (Å²) in [6.07, 6.45) is -7.15. The van der Waals surface area contributed by atoms with Crippen molar-refractivity contribution in [3.05, 3.63) is 59.7 Å².